The number of unbranched alkanes of at least 4 members (excludes halogenated alkanes) is 7. The van der Waals surface area contributed by atoms with Gasteiger partial charge in [-0.05, 0) is 73.6 Å². The fourth-order valence-electron chi connectivity index (χ4n) is 5.47. The van der Waals surface area contributed by atoms with Crippen LogP contribution in [0.2, 0.25) is 0 Å². The SMILES string of the molecule is CCCCCCCCCCc1ccc2c3cccc4cc(N)cc(c5cccc1c25)c43. The summed E-state index contributed by atoms with van der Waals surface area (Å²) in [4.78, 5) is 0. The largest absolute Gasteiger partial charge is 0.399 e. The van der Waals surface area contributed by atoms with Crippen LogP contribution in [0, 0.1) is 0 Å². The van der Waals surface area contributed by atoms with Gasteiger partial charge < -0.3 is 5.73 Å². The summed E-state index contributed by atoms with van der Waals surface area (Å²) in [5, 5.41) is 10.7. The topological polar surface area (TPSA) is 26.0 Å². The van der Waals surface area contributed by atoms with Gasteiger partial charge in [0, 0.05) is 5.69 Å². The number of rotatable bonds is 9. The first-order valence-electron chi connectivity index (χ1n) is 12.2. The number of fused-ring (bicyclic) bond motifs is 2. The first kappa shape index (κ1) is 20.1. The van der Waals surface area contributed by atoms with Crippen LogP contribution < -0.4 is 5.73 Å². The first-order valence-corrected chi connectivity index (χ1v) is 12.2. The molecule has 0 heterocycles. The van der Waals surface area contributed by atoms with Crippen molar-refractivity contribution in [2.45, 2.75) is 64.7 Å². The summed E-state index contributed by atoms with van der Waals surface area (Å²) in [7, 11) is 0. The minimum atomic E-state index is 0.843. The molecule has 0 amide bonds. The van der Waals surface area contributed by atoms with Crippen molar-refractivity contribution in [2.24, 2.45) is 0 Å². The average molecular weight is 408 g/mol. The first-order chi connectivity index (χ1) is 15.3. The zero-order valence-corrected chi connectivity index (χ0v) is 18.7. The van der Waals surface area contributed by atoms with E-state index < -0.39 is 0 Å². The summed E-state index contributed by atoms with van der Waals surface area (Å²) in [6.07, 6.45) is 12.1. The standard InChI is InChI=1S/C30H33N/c1-2-3-4-5-6-7-8-9-12-21-17-18-27-25-15-10-13-22-19-23(31)20-28(29(22)25)26-16-11-14-24(21)30(26)27/h10-11,13-20H,2-9,12,31H2,1H3. The summed E-state index contributed by atoms with van der Waals surface area (Å²) < 4.78 is 0. The summed E-state index contributed by atoms with van der Waals surface area (Å²) in [5.74, 6) is 0. The van der Waals surface area contributed by atoms with E-state index in [9.17, 15) is 0 Å². The van der Waals surface area contributed by atoms with Gasteiger partial charge in [-0.2, -0.15) is 0 Å². The van der Waals surface area contributed by atoms with Crippen LogP contribution >= 0.6 is 0 Å². The molecule has 158 valence electrons. The molecule has 0 saturated heterocycles. The van der Waals surface area contributed by atoms with Gasteiger partial charge in [-0.1, -0.05) is 100 Å². The Morgan fingerprint density at radius 3 is 2.03 bits per heavy atom. The molecule has 5 aromatic rings. The molecular weight excluding hydrogens is 374 g/mol. The highest BCUT2D eigenvalue weighted by Crippen LogP contribution is 2.42. The zero-order chi connectivity index (χ0) is 21.2. The summed E-state index contributed by atoms with van der Waals surface area (Å²) in [5.41, 5.74) is 8.62. The van der Waals surface area contributed by atoms with E-state index in [0.29, 0.717) is 0 Å². The normalized spacial score (nSPS) is 12.0. The minimum Gasteiger partial charge on any atom is -0.399 e. The summed E-state index contributed by atoms with van der Waals surface area (Å²) in [6, 6.07) is 22.4. The van der Waals surface area contributed by atoms with E-state index in [-0.39, 0.29) is 0 Å². The average Bonchev–Trinajstić information content (AvgIpc) is 2.79. The van der Waals surface area contributed by atoms with E-state index in [0.717, 1.165) is 5.69 Å². The van der Waals surface area contributed by atoms with Crippen LogP contribution in [0.1, 0.15) is 63.9 Å². The molecule has 0 fully saturated rings. The minimum absolute atomic E-state index is 0.843. The number of hydrogen-bond acceptors (Lipinski definition) is 1. The van der Waals surface area contributed by atoms with Crippen molar-refractivity contribution in [1.29, 1.82) is 0 Å². The molecule has 0 saturated carbocycles. The number of aryl methyl sites for hydroxylation is 1. The fraction of sp³-hybridized carbons (Fsp3) is 0.333. The van der Waals surface area contributed by atoms with Crippen LogP contribution in [0.3, 0.4) is 0 Å². The van der Waals surface area contributed by atoms with Crippen LogP contribution in [0.25, 0.3) is 43.1 Å². The Morgan fingerprint density at radius 1 is 0.581 bits per heavy atom. The monoisotopic (exact) mass is 407 g/mol. The lowest BCUT2D eigenvalue weighted by atomic mass is 9.87. The number of nitrogen functional groups attached to an aromatic ring is 1. The predicted octanol–water partition coefficient (Wildman–Crippen LogP) is 9.00. The smallest absolute Gasteiger partial charge is 0.0326 e. The molecule has 0 aliphatic heterocycles. The second-order valence-electron chi connectivity index (χ2n) is 9.20. The Bertz CT molecular complexity index is 1330. The molecule has 0 bridgehead atoms. The van der Waals surface area contributed by atoms with Crippen molar-refractivity contribution in [3.05, 3.63) is 66.2 Å². The highest BCUT2D eigenvalue weighted by molar-refractivity contribution is 6.33. The maximum absolute atomic E-state index is 6.28. The lowest BCUT2D eigenvalue weighted by molar-refractivity contribution is 0.576. The van der Waals surface area contributed by atoms with E-state index in [1.54, 1.807) is 0 Å². The third kappa shape index (κ3) is 3.71. The Labute approximate surface area is 185 Å². The molecule has 5 aromatic carbocycles. The van der Waals surface area contributed by atoms with Crippen LogP contribution in [0.5, 0.6) is 0 Å². The maximum atomic E-state index is 6.28. The molecular formula is C30H33N. The number of nitrogens with two attached hydrogens (primary N) is 1. The molecule has 1 nitrogen and oxygen atoms in total. The molecule has 0 aliphatic rings. The van der Waals surface area contributed by atoms with E-state index >= 15 is 0 Å². The van der Waals surface area contributed by atoms with Crippen LogP contribution in [0.15, 0.2) is 60.7 Å². The van der Waals surface area contributed by atoms with Crippen LogP contribution in [-0.4, -0.2) is 0 Å². The van der Waals surface area contributed by atoms with Crippen molar-refractivity contribution < 1.29 is 0 Å². The Kier molecular flexibility index (Phi) is 5.68. The zero-order valence-electron chi connectivity index (χ0n) is 18.7. The number of hydrogen-bond donors (Lipinski definition) is 1. The van der Waals surface area contributed by atoms with Crippen LogP contribution in [0.4, 0.5) is 5.69 Å². The summed E-state index contributed by atoms with van der Waals surface area (Å²) in [6.45, 7) is 2.29. The lowest BCUT2D eigenvalue weighted by Gasteiger charge is -2.17. The van der Waals surface area contributed by atoms with Crippen molar-refractivity contribution in [3.63, 3.8) is 0 Å². The van der Waals surface area contributed by atoms with Gasteiger partial charge >= 0.3 is 0 Å². The Balaban J connectivity index is 1.49. The molecule has 5 rings (SSSR count). The summed E-state index contributed by atoms with van der Waals surface area (Å²) >= 11 is 0. The maximum Gasteiger partial charge on any atom is 0.0326 e. The van der Waals surface area contributed by atoms with E-state index in [1.165, 1.54) is 106 Å². The van der Waals surface area contributed by atoms with Crippen LogP contribution in [-0.2, 0) is 6.42 Å². The van der Waals surface area contributed by atoms with Gasteiger partial charge in [-0.15, -0.1) is 0 Å². The molecule has 0 spiro atoms. The molecule has 1 heteroatoms. The van der Waals surface area contributed by atoms with E-state index in [4.69, 9.17) is 5.73 Å². The van der Waals surface area contributed by atoms with Gasteiger partial charge in [0.1, 0.15) is 0 Å². The predicted molar refractivity (Wildman–Crippen MR) is 138 cm³/mol. The molecule has 31 heavy (non-hydrogen) atoms. The second-order valence-corrected chi connectivity index (χ2v) is 9.20. The van der Waals surface area contributed by atoms with E-state index in [2.05, 4.69) is 67.6 Å². The van der Waals surface area contributed by atoms with Crippen molar-refractivity contribution in [2.75, 3.05) is 5.73 Å². The quantitative estimate of drug-likeness (QED) is 0.112. The van der Waals surface area contributed by atoms with Gasteiger partial charge in [0.05, 0.1) is 0 Å². The molecule has 0 radical (unpaired) electrons. The Hall–Kier alpha value is -2.80. The van der Waals surface area contributed by atoms with Crippen molar-refractivity contribution in [1.82, 2.24) is 0 Å². The van der Waals surface area contributed by atoms with Gasteiger partial charge in [0.15, 0.2) is 0 Å². The lowest BCUT2D eigenvalue weighted by Crippen LogP contribution is -1.93. The third-order valence-corrected chi connectivity index (χ3v) is 7.01. The van der Waals surface area contributed by atoms with E-state index in [1.807, 2.05) is 0 Å². The molecule has 0 aromatic heterocycles. The molecule has 0 atom stereocenters. The second kappa shape index (κ2) is 8.75. The highest BCUT2D eigenvalue weighted by atomic mass is 14.5. The van der Waals surface area contributed by atoms with Gasteiger partial charge in [-0.3, -0.25) is 0 Å². The molecule has 0 aliphatic carbocycles. The fourth-order valence-corrected chi connectivity index (χ4v) is 5.47. The highest BCUT2D eigenvalue weighted by Gasteiger charge is 2.14. The van der Waals surface area contributed by atoms with Crippen molar-refractivity contribution in [3.8, 4) is 0 Å². The third-order valence-electron chi connectivity index (χ3n) is 7.01. The molecule has 2 N–H and O–H groups in total. The van der Waals surface area contributed by atoms with Gasteiger partial charge in [-0.25, -0.2) is 0 Å². The molecule has 0 unspecified atom stereocenters. The Morgan fingerprint density at radius 2 is 1.23 bits per heavy atom. The van der Waals surface area contributed by atoms with Gasteiger partial charge in [0.2, 0.25) is 0 Å². The number of anilines is 1. The van der Waals surface area contributed by atoms with Crippen molar-refractivity contribution >= 4 is 48.8 Å². The van der Waals surface area contributed by atoms with Gasteiger partial charge in [0.25, 0.3) is 0 Å². The number of benzene rings is 5.